The number of aliphatic carboxylic acids is 1. The molecule has 2 atom stereocenters. The van der Waals surface area contributed by atoms with Gasteiger partial charge in [-0.05, 0) is 31.4 Å². The fourth-order valence-corrected chi connectivity index (χ4v) is 2.85. The normalized spacial score (nSPS) is 22.9. The highest BCUT2D eigenvalue weighted by atomic mass is 16.4. The van der Waals surface area contributed by atoms with Crippen molar-refractivity contribution in [3.63, 3.8) is 0 Å². The van der Waals surface area contributed by atoms with Gasteiger partial charge in [0.25, 0.3) is 5.91 Å². The molecule has 4 heteroatoms. The second-order valence-electron chi connectivity index (χ2n) is 5.48. The van der Waals surface area contributed by atoms with E-state index >= 15 is 0 Å². The highest BCUT2D eigenvalue weighted by Gasteiger charge is 2.30. The van der Waals surface area contributed by atoms with Crippen LogP contribution in [0.3, 0.4) is 0 Å². The number of carbonyl (C=O) groups is 2. The van der Waals surface area contributed by atoms with E-state index in [4.69, 9.17) is 0 Å². The molecule has 1 amide bonds. The summed E-state index contributed by atoms with van der Waals surface area (Å²) in [6.45, 7) is 1.89. The zero-order valence-corrected chi connectivity index (χ0v) is 11.8. The van der Waals surface area contributed by atoms with Crippen molar-refractivity contribution < 1.29 is 14.7 Å². The number of benzene rings is 1. The molecule has 2 N–H and O–H groups in total. The van der Waals surface area contributed by atoms with Crippen LogP contribution in [0.15, 0.2) is 24.3 Å². The van der Waals surface area contributed by atoms with E-state index in [1.54, 1.807) is 6.07 Å². The maximum atomic E-state index is 12.3. The topological polar surface area (TPSA) is 66.4 Å². The first-order valence-corrected chi connectivity index (χ1v) is 7.19. The summed E-state index contributed by atoms with van der Waals surface area (Å²) in [6, 6.07) is 7.11. The summed E-state index contributed by atoms with van der Waals surface area (Å²) in [5.41, 5.74) is 1.53. The zero-order chi connectivity index (χ0) is 14.5. The number of nitrogens with one attached hydrogen (secondary N) is 1. The van der Waals surface area contributed by atoms with Gasteiger partial charge in [0.15, 0.2) is 0 Å². The minimum atomic E-state index is -0.804. The zero-order valence-electron chi connectivity index (χ0n) is 11.8. The second kappa shape index (κ2) is 6.55. The molecule has 0 aromatic heterocycles. The molecule has 4 nitrogen and oxygen atoms in total. The number of hydrogen-bond acceptors (Lipinski definition) is 2. The van der Waals surface area contributed by atoms with Crippen molar-refractivity contribution >= 4 is 11.9 Å². The Morgan fingerprint density at radius 3 is 2.55 bits per heavy atom. The quantitative estimate of drug-likeness (QED) is 0.834. The molecule has 0 spiro atoms. The molecule has 0 saturated heterocycles. The Hall–Kier alpha value is -1.84. The van der Waals surface area contributed by atoms with Crippen LogP contribution in [0.5, 0.6) is 0 Å². The molecule has 0 radical (unpaired) electrons. The maximum Gasteiger partial charge on any atom is 0.308 e. The first-order valence-electron chi connectivity index (χ1n) is 7.19. The molecule has 1 aliphatic carbocycles. The summed E-state index contributed by atoms with van der Waals surface area (Å²) in [6.07, 6.45) is 4.33. The van der Waals surface area contributed by atoms with Gasteiger partial charge in [-0.1, -0.05) is 37.5 Å². The molecule has 1 aromatic carbocycles. The van der Waals surface area contributed by atoms with Gasteiger partial charge < -0.3 is 10.4 Å². The van der Waals surface area contributed by atoms with Crippen molar-refractivity contribution in [1.82, 2.24) is 5.32 Å². The third kappa shape index (κ3) is 3.38. The highest BCUT2D eigenvalue weighted by molar-refractivity contribution is 5.96. The first kappa shape index (κ1) is 14.6. The summed E-state index contributed by atoms with van der Waals surface area (Å²) in [4.78, 5) is 23.7. The molecule has 108 valence electrons. The number of rotatable bonds is 3. The van der Waals surface area contributed by atoms with Crippen LogP contribution in [-0.4, -0.2) is 23.0 Å². The minimum absolute atomic E-state index is 0.166. The van der Waals surface area contributed by atoms with Crippen LogP contribution in [0.2, 0.25) is 0 Å². The van der Waals surface area contributed by atoms with Gasteiger partial charge in [0.2, 0.25) is 0 Å². The van der Waals surface area contributed by atoms with Gasteiger partial charge in [-0.15, -0.1) is 0 Å². The summed E-state index contributed by atoms with van der Waals surface area (Å²) in [5.74, 6) is -1.44. The molecule has 1 saturated carbocycles. The predicted molar refractivity (Wildman–Crippen MR) is 76.6 cm³/mol. The molecular weight excluding hydrogens is 254 g/mol. The Balaban J connectivity index is 2.12. The Morgan fingerprint density at radius 2 is 1.85 bits per heavy atom. The summed E-state index contributed by atoms with van der Waals surface area (Å²) in [7, 11) is 0. The summed E-state index contributed by atoms with van der Waals surface area (Å²) in [5, 5.41) is 12.2. The number of carboxylic acids is 1. The third-order valence-corrected chi connectivity index (χ3v) is 4.04. The Bertz CT molecular complexity index is 498. The number of aryl methyl sites for hydroxylation is 1. The van der Waals surface area contributed by atoms with Gasteiger partial charge in [-0.2, -0.15) is 0 Å². The minimum Gasteiger partial charge on any atom is -0.481 e. The molecular formula is C16H21NO3. The molecule has 0 aliphatic heterocycles. The van der Waals surface area contributed by atoms with Crippen LogP contribution in [0.4, 0.5) is 0 Å². The molecule has 0 unspecified atom stereocenters. The van der Waals surface area contributed by atoms with E-state index in [1.165, 1.54) is 0 Å². The van der Waals surface area contributed by atoms with Crippen LogP contribution >= 0.6 is 0 Å². The van der Waals surface area contributed by atoms with Gasteiger partial charge in [-0.25, -0.2) is 0 Å². The van der Waals surface area contributed by atoms with E-state index in [2.05, 4.69) is 5.32 Å². The Morgan fingerprint density at radius 1 is 1.15 bits per heavy atom. The second-order valence-corrected chi connectivity index (χ2v) is 5.48. The van der Waals surface area contributed by atoms with Gasteiger partial charge in [0, 0.05) is 11.6 Å². The van der Waals surface area contributed by atoms with Crippen molar-refractivity contribution in [2.24, 2.45) is 5.92 Å². The fourth-order valence-electron chi connectivity index (χ4n) is 2.85. The summed E-state index contributed by atoms with van der Waals surface area (Å²) >= 11 is 0. The molecule has 1 aromatic rings. The molecule has 0 heterocycles. The maximum absolute atomic E-state index is 12.3. The first-order chi connectivity index (χ1) is 9.59. The lowest BCUT2D eigenvalue weighted by atomic mass is 9.94. The Labute approximate surface area is 119 Å². The smallest absolute Gasteiger partial charge is 0.308 e. The van der Waals surface area contributed by atoms with Crippen molar-refractivity contribution in [3.8, 4) is 0 Å². The van der Waals surface area contributed by atoms with E-state index in [0.717, 1.165) is 31.2 Å². The molecule has 20 heavy (non-hydrogen) atoms. The highest BCUT2D eigenvalue weighted by Crippen LogP contribution is 2.24. The standard InChI is InChI=1S/C16H21NO3/c1-11-7-5-6-8-12(11)15(18)17-14-10-4-2-3-9-13(14)16(19)20/h5-8,13-14H,2-4,9-10H2,1H3,(H,17,18)(H,19,20)/t13-,14-/m0/s1. The van der Waals surface area contributed by atoms with Crippen molar-refractivity contribution in [2.45, 2.75) is 45.1 Å². The lowest BCUT2D eigenvalue weighted by Crippen LogP contribution is -2.43. The summed E-state index contributed by atoms with van der Waals surface area (Å²) < 4.78 is 0. The monoisotopic (exact) mass is 275 g/mol. The Kier molecular flexibility index (Phi) is 4.77. The van der Waals surface area contributed by atoms with E-state index in [1.807, 2.05) is 25.1 Å². The van der Waals surface area contributed by atoms with Crippen LogP contribution in [0, 0.1) is 12.8 Å². The average Bonchev–Trinajstić information content (AvgIpc) is 2.64. The molecule has 1 fully saturated rings. The van der Waals surface area contributed by atoms with Gasteiger partial charge in [-0.3, -0.25) is 9.59 Å². The van der Waals surface area contributed by atoms with Crippen molar-refractivity contribution in [3.05, 3.63) is 35.4 Å². The number of hydrogen-bond donors (Lipinski definition) is 2. The lowest BCUT2D eigenvalue weighted by Gasteiger charge is -2.23. The predicted octanol–water partition coefficient (Wildman–Crippen LogP) is 2.76. The SMILES string of the molecule is Cc1ccccc1C(=O)N[C@H]1CCCCC[C@@H]1C(=O)O. The van der Waals surface area contributed by atoms with Gasteiger partial charge in [0.05, 0.1) is 5.92 Å². The van der Waals surface area contributed by atoms with Crippen LogP contribution in [0.1, 0.15) is 48.0 Å². The van der Waals surface area contributed by atoms with E-state index in [-0.39, 0.29) is 11.9 Å². The van der Waals surface area contributed by atoms with Gasteiger partial charge >= 0.3 is 5.97 Å². The van der Waals surface area contributed by atoms with Crippen molar-refractivity contribution in [2.75, 3.05) is 0 Å². The van der Waals surface area contributed by atoms with Gasteiger partial charge in [0.1, 0.15) is 0 Å². The number of carboxylic acid groups (broad SMARTS) is 1. The molecule has 1 aliphatic rings. The molecule has 2 rings (SSSR count). The van der Waals surface area contributed by atoms with Crippen LogP contribution < -0.4 is 5.32 Å². The third-order valence-electron chi connectivity index (χ3n) is 4.04. The largest absolute Gasteiger partial charge is 0.481 e. The van der Waals surface area contributed by atoms with Crippen LogP contribution in [-0.2, 0) is 4.79 Å². The number of amides is 1. The van der Waals surface area contributed by atoms with E-state index in [9.17, 15) is 14.7 Å². The molecule has 0 bridgehead atoms. The van der Waals surface area contributed by atoms with E-state index in [0.29, 0.717) is 12.0 Å². The van der Waals surface area contributed by atoms with Crippen LogP contribution in [0.25, 0.3) is 0 Å². The fraction of sp³-hybridized carbons (Fsp3) is 0.500. The van der Waals surface area contributed by atoms with Crippen molar-refractivity contribution in [1.29, 1.82) is 0 Å². The average molecular weight is 275 g/mol. The number of carbonyl (C=O) groups excluding carboxylic acids is 1. The lowest BCUT2D eigenvalue weighted by molar-refractivity contribution is -0.142. The van der Waals surface area contributed by atoms with E-state index < -0.39 is 11.9 Å².